The van der Waals surface area contributed by atoms with Crippen LogP contribution in [-0.2, 0) is 6.54 Å². The number of rotatable bonds is 5. The molecule has 0 saturated carbocycles. The van der Waals surface area contributed by atoms with Crippen molar-refractivity contribution < 1.29 is 4.79 Å². The van der Waals surface area contributed by atoms with Crippen LogP contribution < -0.4 is 5.32 Å². The average molecular weight is 273 g/mol. The quantitative estimate of drug-likeness (QED) is 0.880. The number of anilines is 1. The molecule has 2 aromatic rings. The Kier molecular flexibility index (Phi) is 4.66. The van der Waals surface area contributed by atoms with Crippen LogP contribution in [-0.4, -0.2) is 29.1 Å². The number of carbonyl (C=O) groups is 1. The number of unbranched alkanes of at least 4 members (excludes halogenated alkanes) is 1. The molecule has 0 radical (unpaired) electrons. The van der Waals surface area contributed by atoms with Gasteiger partial charge in [0.2, 0.25) is 0 Å². The van der Waals surface area contributed by atoms with Gasteiger partial charge in [0.05, 0.1) is 11.2 Å². The van der Waals surface area contributed by atoms with Crippen LogP contribution in [0.15, 0.2) is 30.5 Å². The fourth-order valence-corrected chi connectivity index (χ4v) is 2.32. The van der Waals surface area contributed by atoms with Crippen molar-refractivity contribution in [1.29, 1.82) is 0 Å². The molecule has 1 heterocycles. The number of fused-ring (bicyclic) bond motifs is 1. The van der Waals surface area contributed by atoms with Crippen LogP contribution in [0.5, 0.6) is 0 Å². The zero-order valence-corrected chi connectivity index (χ0v) is 12.5. The molecule has 1 aromatic carbocycles. The first kappa shape index (κ1) is 14.4. The maximum atomic E-state index is 12.2. The zero-order chi connectivity index (χ0) is 14.5. The highest BCUT2D eigenvalue weighted by Gasteiger charge is 2.12. The fourth-order valence-electron chi connectivity index (χ4n) is 2.32. The second kappa shape index (κ2) is 6.46. The van der Waals surface area contributed by atoms with Gasteiger partial charge in [0.15, 0.2) is 0 Å². The van der Waals surface area contributed by atoms with Crippen molar-refractivity contribution in [2.24, 2.45) is 0 Å². The van der Waals surface area contributed by atoms with E-state index in [4.69, 9.17) is 0 Å². The normalized spacial score (nSPS) is 10.8. The second-order valence-electron chi connectivity index (χ2n) is 5.05. The Morgan fingerprint density at radius 3 is 2.75 bits per heavy atom. The van der Waals surface area contributed by atoms with E-state index in [1.165, 1.54) is 0 Å². The smallest absolute Gasteiger partial charge is 0.321 e. The first-order chi connectivity index (χ1) is 9.67. The topological polar surface area (TPSA) is 37.3 Å². The van der Waals surface area contributed by atoms with Gasteiger partial charge in [0.1, 0.15) is 0 Å². The van der Waals surface area contributed by atoms with E-state index in [2.05, 4.69) is 29.8 Å². The summed E-state index contributed by atoms with van der Waals surface area (Å²) in [5, 5.41) is 4.10. The molecule has 4 nitrogen and oxygen atoms in total. The maximum Gasteiger partial charge on any atom is 0.321 e. The number of nitrogens with one attached hydrogen (secondary N) is 1. The number of amides is 2. The van der Waals surface area contributed by atoms with Gasteiger partial charge in [-0.15, -0.1) is 0 Å². The fraction of sp³-hybridized carbons (Fsp3) is 0.438. The Morgan fingerprint density at radius 2 is 2.05 bits per heavy atom. The minimum absolute atomic E-state index is 0.0440. The van der Waals surface area contributed by atoms with Crippen LogP contribution >= 0.6 is 0 Å². The van der Waals surface area contributed by atoms with E-state index in [1.54, 1.807) is 4.90 Å². The van der Waals surface area contributed by atoms with Gasteiger partial charge in [-0.25, -0.2) is 4.79 Å². The lowest BCUT2D eigenvalue weighted by atomic mass is 10.2. The minimum Gasteiger partial charge on any atom is -0.346 e. The number of nitrogens with zero attached hydrogens (tertiary/aromatic N) is 2. The molecule has 108 valence electrons. The molecule has 0 fully saturated rings. The summed E-state index contributed by atoms with van der Waals surface area (Å²) in [7, 11) is 1.84. The zero-order valence-electron chi connectivity index (χ0n) is 12.5. The molecule has 0 aliphatic carbocycles. The van der Waals surface area contributed by atoms with Gasteiger partial charge in [-0.3, -0.25) is 0 Å². The molecule has 20 heavy (non-hydrogen) atoms. The van der Waals surface area contributed by atoms with Crippen molar-refractivity contribution in [2.75, 3.05) is 18.9 Å². The van der Waals surface area contributed by atoms with Crippen molar-refractivity contribution in [3.63, 3.8) is 0 Å². The summed E-state index contributed by atoms with van der Waals surface area (Å²) in [5.41, 5.74) is 2.04. The third kappa shape index (κ3) is 2.95. The van der Waals surface area contributed by atoms with Gasteiger partial charge >= 0.3 is 6.03 Å². The molecule has 0 unspecified atom stereocenters. The summed E-state index contributed by atoms with van der Waals surface area (Å²) in [4.78, 5) is 13.9. The highest BCUT2D eigenvalue weighted by atomic mass is 16.2. The summed E-state index contributed by atoms with van der Waals surface area (Å²) >= 11 is 0. The van der Waals surface area contributed by atoms with E-state index in [0.717, 1.165) is 42.5 Å². The van der Waals surface area contributed by atoms with Crippen molar-refractivity contribution in [3.05, 3.63) is 30.5 Å². The lowest BCUT2D eigenvalue weighted by Gasteiger charge is -2.17. The SMILES string of the molecule is CCCCN(C)C(=O)Nc1cn(CC)c2ccccc12. The largest absolute Gasteiger partial charge is 0.346 e. The van der Waals surface area contributed by atoms with Crippen LogP contribution in [0.25, 0.3) is 10.9 Å². The Hall–Kier alpha value is -1.97. The Balaban J connectivity index is 2.19. The van der Waals surface area contributed by atoms with Gasteiger partial charge < -0.3 is 14.8 Å². The number of para-hydroxylation sites is 1. The van der Waals surface area contributed by atoms with Gasteiger partial charge in [-0.2, -0.15) is 0 Å². The lowest BCUT2D eigenvalue weighted by Crippen LogP contribution is -2.32. The number of hydrogen-bond donors (Lipinski definition) is 1. The number of carbonyl (C=O) groups excluding carboxylic acids is 1. The molecule has 0 saturated heterocycles. The van der Waals surface area contributed by atoms with Crippen LogP contribution in [0.3, 0.4) is 0 Å². The minimum atomic E-state index is -0.0440. The van der Waals surface area contributed by atoms with Crippen molar-refractivity contribution in [3.8, 4) is 0 Å². The van der Waals surface area contributed by atoms with Gasteiger partial charge in [0.25, 0.3) is 0 Å². The average Bonchev–Trinajstić information content (AvgIpc) is 2.83. The predicted molar refractivity (Wildman–Crippen MR) is 84.2 cm³/mol. The molecule has 2 amide bonds. The molecule has 0 aliphatic rings. The molecule has 1 aromatic heterocycles. The number of benzene rings is 1. The van der Waals surface area contributed by atoms with E-state index in [9.17, 15) is 4.79 Å². The van der Waals surface area contributed by atoms with Crippen LogP contribution in [0, 0.1) is 0 Å². The number of aromatic nitrogens is 1. The first-order valence-electron chi connectivity index (χ1n) is 7.27. The van der Waals surface area contributed by atoms with Crippen LogP contribution in [0.2, 0.25) is 0 Å². The lowest BCUT2D eigenvalue weighted by molar-refractivity contribution is 0.222. The molecule has 0 aliphatic heterocycles. The molecule has 0 spiro atoms. The molecular weight excluding hydrogens is 250 g/mol. The summed E-state index contributed by atoms with van der Waals surface area (Å²) in [6.07, 6.45) is 4.13. The van der Waals surface area contributed by atoms with Crippen molar-refractivity contribution in [1.82, 2.24) is 9.47 Å². The highest BCUT2D eigenvalue weighted by molar-refractivity contribution is 6.01. The predicted octanol–water partition coefficient (Wildman–Crippen LogP) is 3.93. The third-order valence-electron chi connectivity index (χ3n) is 3.56. The Bertz CT molecular complexity index is 588. The Labute approximate surface area is 120 Å². The maximum absolute atomic E-state index is 12.2. The standard InChI is InChI=1S/C16H23N3O/c1-4-6-11-18(3)16(20)17-14-12-19(5-2)15-10-8-7-9-13(14)15/h7-10,12H,4-6,11H2,1-3H3,(H,17,20). The van der Waals surface area contributed by atoms with E-state index in [1.807, 2.05) is 31.4 Å². The van der Waals surface area contributed by atoms with Gasteiger partial charge in [0, 0.05) is 31.7 Å². The van der Waals surface area contributed by atoms with Crippen molar-refractivity contribution >= 4 is 22.6 Å². The van der Waals surface area contributed by atoms with E-state index >= 15 is 0 Å². The van der Waals surface area contributed by atoms with E-state index in [0.29, 0.717) is 0 Å². The number of aryl methyl sites for hydroxylation is 1. The van der Waals surface area contributed by atoms with Crippen LogP contribution in [0.4, 0.5) is 10.5 Å². The monoisotopic (exact) mass is 273 g/mol. The summed E-state index contributed by atoms with van der Waals surface area (Å²) in [5.74, 6) is 0. The molecule has 0 atom stereocenters. The van der Waals surface area contributed by atoms with Gasteiger partial charge in [-0.1, -0.05) is 31.5 Å². The summed E-state index contributed by atoms with van der Waals surface area (Å²) < 4.78 is 2.15. The number of hydrogen-bond acceptors (Lipinski definition) is 1. The highest BCUT2D eigenvalue weighted by Crippen LogP contribution is 2.25. The Morgan fingerprint density at radius 1 is 1.30 bits per heavy atom. The summed E-state index contributed by atoms with van der Waals surface area (Å²) in [6, 6.07) is 8.10. The first-order valence-corrected chi connectivity index (χ1v) is 7.27. The van der Waals surface area contributed by atoms with Crippen molar-refractivity contribution in [2.45, 2.75) is 33.2 Å². The third-order valence-corrected chi connectivity index (χ3v) is 3.56. The van der Waals surface area contributed by atoms with Crippen LogP contribution in [0.1, 0.15) is 26.7 Å². The molecule has 4 heteroatoms. The molecule has 2 rings (SSSR count). The second-order valence-corrected chi connectivity index (χ2v) is 5.05. The molecule has 1 N–H and O–H groups in total. The van der Waals surface area contributed by atoms with Gasteiger partial charge in [-0.05, 0) is 19.4 Å². The summed E-state index contributed by atoms with van der Waals surface area (Å²) in [6.45, 7) is 5.91. The van der Waals surface area contributed by atoms with E-state index in [-0.39, 0.29) is 6.03 Å². The number of urea groups is 1. The molecular formula is C16H23N3O. The van der Waals surface area contributed by atoms with E-state index < -0.39 is 0 Å². The molecule has 0 bridgehead atoms.